The van der Waals surface area contributed by atoms with Crippen LogP contribution >= 0.6 is 15.9 Å². The van der Waals surface area contributed by atoms with Crippen molar-refractivity contribution in [3.63, 3.8) is 0 Å². The van der Waals surface area contributed by atoms with E-state index in [1.165, 1.54) is 0 Å². The summed E-state index contributed by atoms with van der Waals surface area (Å²) >= 11 is 3.75. The van der Waals surface area contributed by atoms with Crippen LogP contribution in [0.4, 0.5) is 0 Å². The van der Waals surface area contributed by atoms with Crippen LogP contribution < -0.4 is 5.32 Å². The molecule has 0 aromatic heterocycles. The predicted octanol–water partition coefficient (Wildman–Crippen LogP) is 4.47. The third kappa shape index (κ3) is 7.84. The van der Waals surface area contributed by atoms with Gasteiger partial charge >= 0.3 is 5.97 Å². The highest BCUT2D eigenvalue weighted by Gasteiger charge is 2.76. The van der Waals surface area contributed by atoms with Gasteiger partial charge in [-0.1, -0.05) is 71.8 Å². The molecule has 0 aliphatic carbocycles. The van der Waals surface area contributed by atoms with Crippen LogP contribution in [0.5, 0.6) is 0 Å². The Hall–Kier alpha value is -3.02. The number of benzene rings is 1. The fourth-order valence-electron chi connectivity index (χ4n) is 7.52. The maximum absolute atomic E-state index is 14.6. The Morgan fingerprint density at radius 2 is 1.96 bits per heavy atom. The number of hydrogen-bond donors (Lipinski definition) is 2. The van der Waals surface area contributed by atoms with E-state index in [4.69, 9.17) is 9.47 Å². The first-order chi connectivity index (χ1) is 22.6. The van der Waals surface area contributed by atoms with E-state index >= 15 is 0 Å². The third-order valence-electron chi connectivity index (χ3n) is 9.71. The molecule has 3 heterocycles. The Morgan fingerprint density at radius 1 is 1.21 bits per heavy atom. The molecule has 1 aromatic rings. The van der Waals surface area contributed by atoms with E-state index in [1.54, 1.807) is 22.0 Å². The number of fused-ring (bicyclic) bond motifs is 1. The molecule has 0 saturated carbocycles. The Balaban J connectivity index is 1.66. The SMILES string of the molecule is C=CCCC(=O)OC[C@@H](NC(=O)[C@H]1[C@@H]2O[C@@]3(CC2Br)[C@@H]1C(=O)N(CCCCCO)[C@@H]3C(=O)N(CC=C)C(C)CCC)c1ccccc1. The standard InChI is InChI=1S/C36H50BrN3O7/c1-5-8-18-28(42)46-23-27(25-16-11-9-12-17-25)38-33(43)29-30-34(44)40(20-13-10-14-21-41)32(36(30)22-26(37)31(29)47-36)35(45)39(19-7-3)24(4)15-6-2/h5,7,9,11-12,16-17,24,26-27,29-32,41H,1,3,6,8,10,13-15,18-23H2,2,4H3,(H,38,43)/t24?,26?,27-,29-,30+,31-,32-,36+/m1/s1. The normalized spacial score (nSPS) is 27.2. The minimum Gasteiger partial charge on any atom is -0.463 e. The van der Waals surface area contributed by atoms with Gasteiger partial charge < -0.3 is 29.7 Å². The van der Waals surface area contributed by atoms with Crippen LogP contribution in [0.25, 0.3) is 0 Å². The summed E-state index contributed by atoms with van der Waals surface area (Å²) in [5, 5.41) is 12.4. The maximum atomic E-state index is 14.6. The highest BCUT2D eigenvalue weighted by molar-refractivity contribution is 9.09. The minimum atomic E-state index is -1.18. The fraction of sp³-hybridized carbons (Fsp3) is 0.611. The Morgan fingerprint density at radius 3 is 2.62 bits per heavy atom. The lowest BCUT2D eigenvalue weighted by Gasteiger charge is -2.39. The van der Waals surface area contributed by atoms with Gasteiger partial charge in [0.05, 0.1) is 24.0 Å². The molecule has 2 bridgehead atoms. The van der Waals surface area contributed by atoms with Gasteiger partial charge in [0.1, 0.15) is 18.2 Å². The number of aliphatic hydroxyl groups is 1. The van der Waals surface area contributed by atoms with E-state index in [1.807, 2.05) is 37.3 Å². The highest BCUT2D eigenvalue weighted by Crippen LogP contribution is 2.60. The molecule has 3 fully saturated rings. The summed E-state index contributed by atoms with van der Waals surface area (Å²) in [5.74, 6) is -2.95. The largest absolute Gasteiger partial charge is 0.463 e. The molecule has 11 heteroatoms. The molecular weight excluding hydrogens is 666 g/mol. The van der Waals surface area contributed by atoms with E-state index in [-0.39, 0.29) is 48.2 Å². The number of esters is 1. The molecule has 3 saturated heterocycles. The monoisotopic (exact) mass is 715 g/mol. The molecule has 1 spiro atoms. The molecule has 47 heavy (non-hydrogen) atoms. The molecule has 2 unspecified atom stereocenters. The number of likely N-dealkylation sites (tertiary alicyclic amines) is 1. The average molecular weight is 717 g/mol. The van der Waals surface area contributed by atoms with Crippen molar-refractivity contribution < 1.29 is 33.8 Å². The molecule has 8 atom stereocenters. The second-order valence-corrected chi connectivity index (χ2v) is 14.1. The molecule has 0 radical (unpaired) electrons. The highest BCUT2D eigenvalue weighted by atomic mass is 79.9. The van der Waals surface area contributed by atoms with Gasteiger partial charge in [-0.3, -0.25) is 19.2 Å². The number of rotatable bonds is 19. The molecule has 3 amide bonds. The van der Waals surface area contributed by atoms with Crippen LogP contribution in [-0.4, -0.2) is 93.5 Å². The summed E-state index contributed by atoms with van der Waals surface area (Å²) in [6.45, 7) is 12.2. The van der Waals surface area contributed by atoms with Crippen molar-refractivity contribution >= 4 is 39.6 Å². The van der Waals surface area contributed by atoms with Gasteiger partial charge in [-0.2, -0.15) is 0 Å². The van der Waals surface area contributed by atoms with Gasteiger partial charge in [0.15, 0.2) is 0 Å². The zero-order chi connectivity index (χ0) is 34.1. The van der Waals surface area contributed by atoms with Gasteiger partial charge in [0, 0.05) is 37.0 Å². The summed E-state index contributed by atoms with van der Waals surface area (Å²) in [6.07, 6.45) is 7.39. The minimum absolute atomic E-state index is 0.0506. The molecule has 3 aliphatic rings. The zero-order valence-corrected chi connectivity index (χ0v) is 29.2. The number of nitrogens with one attached hydrogen (secondary N) is 1. The molecule has 2 N–H and O–H groups in total. The number of allylic oxidation sites excluding steroid dienone is 1. The van der Waals surface area contributed by atoms with E-state index in [2.05, 4.69) is 41.3 Å². The zero-order valence-electron chi connectivity index (χ0n) is 27.7. The smallest absolute Gasteiger partial charge is 0.306 e. The lowest BCUT2D eigenvalue weighted by atomic mass is 9.70. The molecule has 1 aromatic carbocycles. The van der Waals surface area contributed by atoms with Crippen LogP contribution in [0.1, 0.15) is 76.8 Å². The molecule has 3 aliphatic heterocycles. The predicted molar refractivity (Wildman–Crippen MR) is 182 cm³/mol. The summed E-state index contributed by atoms with van der Waals surface area (Å²) in [6, 6.07) is 7.63. The van der Waals surface area contributed by atoms with Gasteiger partial charge in [0.2, 0.25) is 17.7 Å². The van der Waals surface area contributed by atoms with Crippen LogP contribution in [0.2, 0.25) is 0 Å². The van der Waals surface area contributed by atoms with Crippen molar-refractivity contribution in [2.45, 2.75) is 99.9 Å². The quantitative estimate of drug-likeness (QED) is 0.0938. The number of hydrogen-bond acceptors (Lipinski definition) is 7. The van der Waals surface area contributed by atoms with Crippen LogP contribution in [0.3, 0.4) is 0 Å². The third-order valence-corrected chi connectivity index (χ3v) is 10.6. The number of carbonyl (C=O) groups excluding carboxylic acids is 4. The van der Waals surface area contributed by atoms with E-state index in [9.17, 15) is 24.3 Å². The number of aliphatic hydroxyl groups excluding tert-OH is 1. The van der Waals surface area contributed by atoms with Crippen molar-refractivity contribution in [1.29, 1.82) is 0 Å². The van der Waals surface area contributed by atoms with Crippen molar-refractivity contribution in [2.75, 3.05) is 26.3 Å². The summed E-state index contributed by atoms with van der Waals surface area (Å²) in [4.78, 5) is 58.9. The number of nitrogens with zero attached hydrogens (tertiary/aromatic N) is 2. The lowest BCUT2D eigenvalue weighted by molar-refractivity contribution is -0.149. The van der Waals surface area contributed by atoms with E-state index in [0.717, 1.165) is 18.4 Å². The number of halogens is 1. The van der Waals surface area contributed by atoms with Crippen LogP contribution in [0.15, 0.2) is 55.6 Å². The molecular formula is C36H50BrN3O7. The van der Waals surface area contributed by atoms with E-state index < -0.39 is 41.6 Å². The average Bonchev–Trinajstić information content (AvgIpc) is 3.66. The summed E-state index contributed by atoms with van der Waals surface area (Å²) in [5.41, 5.74) is -0.427. The summed E-state index contributed by atoms with van der Waals surface area (Å²) < 4.78 is 12.3. The molecule has 258 valence electrons. The Kier molecular flexibility index (Phi) is 13.2. The number of unbranched alkanes of at least 4 members (excludes halogenated alkanes) is 2. The lowest BCUT2D eigenvalue weighted by Crippen LogP contribution is -2.58. The maximum Gasteiger partial charge on any atom is 0.306 e. The number of carbonyl (C=O) groups is 4. The Labute approximate surface area is 287 Å². The first-order valence-corrected chi connectivity index (χ1v) is 17.8. The number of ether oxygens (including phenoxy) is 2. The van der Waals surface area contributed by atoms with Gasteiger partial charge in [0.25, 0.3) is 0 Å². The van der Waals surface area contributed by atoms with Crippen LogP contribution in [-0.2, 0) is 28.7 Å². The van der Waals surface area contributed by atoms with Gasteiger partial charge in [-0.05, 0) is 51.0 Å². The van der Waals surface area contributed by atoms with Crippen molar-refractivity contribution in [3.8, 4) is 0 Å². The van der Waals surface area contributed by atoms with Gasteiger partial charge in [-0.25, -0.2) is 0 Å². The summed E-state index contributed by atoms with van der Waals surface area (Å²) in [7, 11) is 0. The van der Waals surface area contributed by atoms with Crippen molar-refractivity contribution in [3.05, 3.63) is 61.2 Å². The topological polar surface area (TPSA) is 125 Å². The molecule has 4 rings (SSSR count). The second kappa shape index (κ2) is 16.9. The van der Waals surface area contributed by atoms with Crippen LogP contribution in [0, 0.1) is 11.8 Å². The van der Waals surface area contributed by atoms with Crippen molar-refractivity contribution in [1.82, 2.24) is 15.1 Å². The first kappa shape index (κ1) is 36.8. The first-order valence-electron chi connectivity index (χ1n) is 16.9. The number of amides is 3. The second-order valence-electron chi connectivity index (χ2n) is 12.9. The fourth-order valence-corrected chi connectivity index (χ4v) is 8.46. The molecule has 10 nitrogen and oxygen atoms in total. The van der Waals surface area contributed by atoms with Gasteiger partial charge in [-0.15, -0.1) is 13.2 Å². The van der Waals surface area contributed by atoms with E-state index in [0.29, 0.717) is 45.2 Å². The number of alkyl halides is 1. The van der Waals surface area contributed by atoms with Crippen molar-refractivity contribution in [2.24, 2.45) is 11.8 Å². The Bertz CT molecular complexity index is 1280.